The minimum Gasteiger partial charge on any atom is -0.478 e. The number of hydrogen-bond donors (Lipinski definition) is 1. The number of aromatic nitrogens is 1. The minimum atomic E-state index is -1.93. The van der Waals surface area contributed by atoms with Crippen LogP contribution in [0, 0.1) is 0 Å². The molecule has 5 nitrogen and oxygen atoms in total. The molecular weight excluding hydrogens is 374 g/mol. The van der Waals surface area contributed by atoms with Crippen molar-refractivity contribution in [1.29, 1.82) is 0 Å². The highest BCUT2D eigenvalue weighted by Crippen LogP contribution is 2.38. The molecule has 27 heavy (non-hydrogen) atoms. The Morgan fingerprint density at radius 3 is 1.48 bits per heavy atom. The zero-order chi connectivity index (χ0) is 21.3. The SMILES string of the molecule is CC(C)(C)[Si](C)(C)OCc1cc(C(=O)O)cc(CO[Si](C)(C)C(C)(C)C)n1. The van der Waals surface area contributed by atoms with Crippen LogP contribution in [0.5, 0.6) is 0 Å². The first-order chi connectivity index (χ1) is 12.0. The van der Waals surface area contributed by atoms with E-state index in [-0.39, 0.29) is 15.6 Å². The highest BCUT2D eigenvalue weighted by molar-refractivity contribution is 6.74. The third-order valence-electron chi connectivity index (χ3n) is 5.95. The smallest absolute Gasteiger partial charge is 0.335 e. The Balaban J connectivity index is 3.03. The molecule has 1 aromatic rings. The van der Waals surface area contributed by atoms with Crippen LogP contribution in [-0.2, 0) is 22.1 Å². The summed E-state index contributed by atoms with van der Waals surface area (Å²) in [5, 5.41) is 9.63. The van der Waals surface area contributed by atoms with Crippen LogP contribution < -0.4 is 0 Å². The van der Waals surface area contributed by atoms with Crippen molar-refractivity contribution in [2.75, 3.05) is 0 Å². The largest absolute Gasteiger partial charge is 0.478 e. The quantitative estimate of drug-likeness (QED) is 0.572. The van der Waals surface area contributed by atoms with Crippen LogP contribution in [0.3, 0.4) is 0 Å². The maximum Gasteiger partial charge on any atom is 0.335 e. The van der Waals surface area contributed by atoms with Crippen molar-refractivity contribution in [3.8, 4) is 0 Å². The molecule has 0 aliphatic heterocycles. The van der Waals surface area contributed by atoms with Gasteiger partial charge in [-0.2, -0.15) is 0 Å². The van der Waals surface area contributed by atoms with Crippen molar-refractivity contribution >= 4 is 22.6 Å². The molecule has 1 rings (SSSR count). The van der Waals surface area contributed by atoms with Gasteiger partial charge in [0.25, 0.3) is 0 Å². The zero-order valence-electron chi connectivity index (χ0n) is 18.7. The first kappa shape index (κ1) is 24.0. The van der Waals surface area contributed by atoms with Gasteiger partial charge in [0.15, 0.2) is 16.6 Å². The lowest BCUT2D eigenvalue weighted by Gasteiger charge is -2.36. The number of aromatic carboxylic acids is 1. The van der Waals surface area contributed by atoms with Crippen molar-refractivity contribution in [3.05, 3.63) is 29.1 Å². The van der Waals surface area contributed by atoms with Crippen LogP contribution in [-0.4, -0.2) is 32.7 Å². The van der Waals surface area contributed by atoms with Gasteiger partial charge in [-0.05, 0) is 48.4 Å². The monoisotopic (exact) mass is 411 g/mol. The molecule has 0 saturated heterocycles. The van der Waals surface area contributed by atoms with Crippen molar-refractivity contribution in [3.63, 3.8) is 0 Å². The molecule has 0 saturated carbocycles. The van der Waals surface area contributed by atoms with E-state index in [1.807, 2.05) is 0 Å². The Morgan fingerprint density at radius 2 is 1.22 bits per heavy atom. The Bertz CT molecular complexity index is 625. The normalized spacial score (nSPS) is 13.7. The summed E-state index contributed by atoms with van der Waals surface area (Å²) in [5.74, 6) is -0.959. The summed E-state index contributed by atoms with van der Waals surface area (Å²) in [6.45, 7) is 22.4. The molecule has 1 aromatic heterocycles. The first-order valence-corrected chi connectivity index (χ1v) is 15.3. The molecule has 0 aromatic carbocycles. The Kier molecular flexibility index (Phi) is 7.25. The maximum atomic E-state index is 11.5. The molecule has 0 fully saturated rings. The Labute approximate surface area is 166 Å². The van der Waals surface area contributed by atoms with Gasteiger partial charge in [0.05, 0.1) is 30.2 Å². The van der Waals surface area contributed by atoms with Crippen LogP contribution in [0.4, 0.5) is 0 Å². The second-order valence-corrected chi connectivity index (χ2v) is 19.9. The first-order valence-electron chi connectivity index (χ1n) is 9.47. The molecular formula is C20H37NO4Si2. The van der Waals surface area contributed by atoms with Crippen LogP contribution >= 0.6 is 0 Å². The third-order valence-corrected chi connectivity index (χ3v) is 14.9. The Hall–Kier alpha value is -1.03. The molecule has 1 heterocycles. The second-order valence-electron chi connectivity index (χ2n) is 10.2. The molecule has 0 unspecified atom stereocenters. The van der Waals surface area contributed by atoms with Crippen LogP contribution in [0.1, 0.15) is 63.3 Å². The fraction of sp³-hybridized carbons (Fsp3) is 0.700. The number of rotatable bonds is 7. The summed E-state index contributed by atoms with van der Waals surface area (Å²) in [4.78, 5) is 16.2. The van der Waals surface area contributed by atoms with Gasteiger partial charge in [0.2, 0.25) is 0 Å². The summed E-state index contributed by atoms with van der Waals surface area (Å²) in [6, 6.07) is 3.20. The van der Waals surface area contributed by atoms with E-state index in [1.54, 1.807) is 12.1 Å². The van der Waals surface area contributed by atoms with E-state index < -0.39 is 22.6 Å². The van der Waals surface area contributed by atoms with Crippen LogP contribution in [0.15, 0.2) is 12.1 Å². The summed E-state index contributed by atoms with van der Waals surface area (Å²) < 4.78 is 12.4. The highest BCUT2D eigenvalue weighted by Gasteiger charge is 2.38. The van der Waals surface area contributed by atoms with E-state index in [0.29, 0.717) is 24.6 Å². The van der Waals surface area contributed by atoms with Gasteiger partial charge in [-0.25, -0.2) is 4.79 Å². The van der Waals surface area contributed by atoms with Crippen molar-refractivity contribution in [1.82, 2.24) is 4.98 Å². The highest BCUT2D eigenvalue weighted by atomic mass is 28.4. The number of carbonyl (C=O) groups is 1. The fourth-order valence-electron chi connectivity index (χ4n) is 1.86. The molecule has 0 aliphatic rings. The summed E-state index contributed by atoms with van der Waals surface area (Å²) in [6.07, 6.45) is 0. The summed E-state index contributed by atoms with van der Waals surface area (Å²) >= 11 is 0. The number of pyridine rings is 1. The average molecular weight is 412 g/mol. The lowest BCUT2D eigenvalue weighted by molar-refractivity contribution is 0.0696. The Morgan fingerprint density at radius 1 is 0.889 bits per heavy atom. The molecule has 1 N–H and O–H groups in total. The maximum absolute atomic E-state index is 11.5. The van der Waals surface area contributed by atoms with E-state index in [9.17, 15) is 9.90 Å². The number of carboxylic acids is 1. The lowest BCUT2D eigenvalue weighted by Crippen LogP contribution is -2.41. The molecule has 0 amide bonds. The molecule has 0 spiro atoms. The summed E-state index contributed by atoms with van der Waals surface area (Å²) in [7, 11) is -3.87. The predicted molar refractivity (Wildman–Crippen MR) is 115 cm³/mol. The van der Waals surface area contributed by atoms with E-state index in [4.69, 9.17) is 8.85 Å². The van der Waals surface area contributed by atoms with E-state index in [2.05, 4.69) is 72.7 Å². The topological polar surface area (TPSA) is 68.7 Å². The standard InChI is InChI=1S/C20H37NO4Si2/c1-19(2,3)26(7,8)24-13-16-11-15(18(22)23)12-17(21-16)14-25-27(9,10)20(4,5)6/h11-12H,13-14H2,1-10H3,(H,22,23). The van der Waals surface area contributed by atoms with Gasteiger partial charge >= 0.3 is 5.97 Å². The number of nitrogens with zero attached hydrogens (tertiary/aromatic N) is 1. The molecule has 0 atom stereocenters. The number of carboxylic acid groups (broad SMARTS) is 1. The lowest BCUT2D eigenvalue weighted by atomic mass is 10.2. The minimum absolute atomic E-state index is 0.0890. The molecule has 154 valence electrons. The van der Waals surface area contributed by atoms with Gasteiger partial charge in [-0.3, -0.25) is 4.98 Å². The molecule has 0 aliphatic carbocycles. The predicted octanol–water partition coefficient (Wildman–Crippen LogP) is 5.82. The van der Waals surface area contributed by atoms with Gasteiger partial charge in [-0.15, -0.1) is 0 Å². The molecule has 0 bridgehead atoms. The molecule has 7 heteroatoms. The summed E-state index contributed by atoms with van der Waals surface area (Å²) in [5.41, 5.74) is 1.52. The van der Waals surface area contributed by atoms with Gasteiger partial charge < -0.3 is 14.0 Å². The third kappa shape index (κ3) is 6.52. The zero-order valence-corrected chi connectivity index (χ0v) is 20.7. The van der Waals surface area contributed by atoms with Gasteiger partial charge in [0, 0.05) is 0 Å². The molecule has 0 radical (unpaired) electrons. The van der Waals surface area contributed by atoms with Gasteiger partial charge in [-0.1, -0.05) is 41.5 Å². The van der Waals surface area contributed by atoms with E-state index >= 15 is 0 Å². The van der Waals surface area contributed by atoms with Crippen LogP contribution in [0.25, 0.3) is 0 Å². The van der Waals surface area contributed by atoms with E-state index in [1.165, 1.54) is 0 Å². The van der Waals surface area contributed by atoms with E-state index in [0.717, 1.165) is 0 Å². The van der Waals surface area contributed by atoms with Crippen molar-refractivity contribution in [2.45, 2.75) is 91.0 Å². The second kappa shape index (κ2) is 8.15. The number of hydrogen-bond acceptors (Lipinski definition) is 4. The van der Waals surface area contributed by atoms with Crippen molar-refractivity contribution < 1.29 is 18.8 Å². The average Bonchev–Trinajstić information content (AvgIpc) is 2.48. The fourth-order valence-corrected chi connectivity index (χ4v) is 3.75. The van der Waals surface area contributed by atoms with Crippen molar-refractivity contribution in [2.24, 2.45) is 0 Å². The van der Waals surface area contributed by atoms with Crippen LogP contribution in [0.2, 0.25) is 36.3 Å². The van der Waals surface area contributed by atoms with Gasteiger partial charge in [0.1, 0.15) is 0 Å².